The zero-order chi connectivity index (χ0) is 45.6. The summed E-state index contributed by atoms with van der Waals surface area (Å²) in [6.07, 6.45) is 2.41. The van der Waals surface area contributed by atoms with Gasteiger partial charge in [-0.25, -0.2) is 4.90 Å². The van der Waals surface area contributed by atoms with Gasteiger partial charge < -0.3 is 15.2 Å². The molecule has 66 heavy (non-hydrogen) atoms. The second-order valence-electron chi connectivity index (χ2n) is 17.9. The molecule has 6 atom stereocenters. The summed E-state index contributed by atoms with van der Waals surface area (Å²) < 4.78 is 8.70. The molecule has 330 valence electrons. The molecular weight excluding hydrogens is 870 g/mol. The summed E-state index contributed by atoms with van der Waals surface area (Å²) in [5, 5.41) is 21.8. The summed E-state index contributed by atoms with van der Waals surface area (Å²) in [5.74, 6) is -4.60. The zero-order valence-corrected chi connectivity index (χ0v) is 37.8. The highest BCUT2D eigenvalue weighted by Gasteiger charge is 2.68. The molecule has 3 fully saturated rings. The van der Waals surface area contributed by atoms with Crippen molar-refractivity contribution in [3.8, 4) is 22.1 Å². The molecule has 0 bridgehead atoms. The second kappa shape index (κ2) is 15.9. The van der Waals surface area contributed by atoms with Gasteiger partial charge in [-0.15, -0.1) is 11.3 Å². The molecule has 2 saturated heterocycles. The molecule has 2 aliphatic heterocycles. The quantitative estimate of drug-likeness (QED) is 0.108. The van der Waals surface area contributed by atoms with Crippen LogP contribution in [-0.2, 0) is 32.8 Å². The van der Waals surface area contributed by atoms with Crippen LogP contribution in [0.15, 0.2) is 139 Å². The van der Waals surface area contributed by atoms with Gasteiger partial charge in [0, 0.05) is 51.8 Å². The molecule has 0 spiro atoms. The van der Waals surface area contributed by atoms with E-state index < -0.39 is 46.8 Å². The third-order valence-corrected chi connectivity index (χ3v) is 15.8. The van der Waals surface area contributed by atoms with E-state index in [4.69, 9.17) is 21.4 Å². The SMILES string of the molecule is Cc1c(-c2cc(N3C(=O)[C@@H]4C[C@@H]5C(=CC[C@@H]6C(=O)N(c7ccc(Nc8ccccc8)cc7)C(=O)[C@@H]65)[C@H](c5ccc(OCc6ccccc6)cc5O)[C@]4(C)C3=O)n(C)n2)sc2ccc(Cl)cc12. The number of nitrogens with zero attached hydrogens (tertiary/aromatic N) is 4. The Morgan fingerprint density at radius 3 is 2.30 bits per heavy atom. The number of thiophene rings is 1. The molecule has 4 amide bonds. The molecule has 0 unspecified atom stereocenters. The van der Waals surface area contributed by atoms with Gasteiger partial charge in [-0.05, 0) is 110 Å². The van der Waals surface area contributed by atoms with Crippen LogP contribution in [0.3, 0.4) is 0 Å². The van der Waals surface area contributed by atoms with Gasteiger partial charge in [0.15, 0.2) is 0 Å². The lowest BCUT2D eigenvalue weighted by Gasteiger charge is -2.49. The molecule has 1 saturated carbocycles. The van der Waals surface area contributed by atoms with E-state index in [1.807, 2.05) is 104 Å². The summed E-state index contributed by atoms with van der Waals surface area (Å²) in [5.41, 5.74) is 4.54. The van der Waals surface area contributed by atoms with Crippen molar-refractivity contribution < 1.29 is 29.0 Å². The molecule has 11 rings (SSSR count). The number of imide groups is 2. The number of phenols is 1. The average molecular weight is 914 g/mol. The van der Waals surface area contributed by atoms with Crippen LogP contribution in [0.5, 0.6) is 11.5 Å². The number of aromatic nitrogens is 2. The number of hydrogen-bond acceptors (Lipinski definition) is 9. The Hall–Kier alpha value is -7.02. The van der Waals surface area contributed by atoms with Crippen LogP contribution in [0.2, 0.25) is 5.02 Å². The van der Waals surface area contributed by atoms with Crippen LogP contribution in [-0.4, -0.2) is 38.5 Å². The number of halogens is 1. The van der Waals surface area contributed by atoms with E-state index in [0.29, 0.717) is 33.5 Å². The summed E-state index contributed by atoms with van der Waals surface area (Å²) in [4.78, 5) is 63.2. The molecule has 0 radical (unpaired) electrons. The first-order valence-corrected chi connectivity index (χ1v) is 23.2. The van der Waals surface area contributed by atoms with Gasteiger partial charge in [0.1, 0.15) is 29.6 Å². The predicted molar refractivity (Wildman–Crippen MR) is 256 cm³/mol. The minimum atomic E-state index is -1.39. The van der Waals surface area contributed by atoms with Crippen molar-refractivity contribution in [2.75, 3.05) is 15.1 Å². The number of ether oxygens (including phenoxy) is 1. The van der Waals surface area contributed by atoms with Gasteiger partial charge >= 0.3 is 0 Å². The van der Waals surface area contributed by atoms with Crippen molar-refractivity contribution in [3.63, 3.8) is 0 Å². The largest absolute Gasteiger partial charge is 0.508 e. The Morgan fingerprint density at radius 2 is 1.56 bits per heavy atom. The van der Waals surface area contributed by atoms with E-state index in [9.17, 15) is 14.7 Å². The average Bonchev–Trinajstić information content (AvgIpc) is 3.99. The lowest BCUT2D eigenvalue weighted by atomic mass is 9.51. The number of benzene rings is 5. The Morgan fingerprint density at radius 1 is 0.833 bits per heavy atom. The molecule has 5 aromatic carbocycles. The Bertz CT molecular complexity index is 3170. The van der Waals surface area contributed by atoms with Crippen LogP contribution >= 0.6 is 22.9 Å². The summed E-state index contributed by atoms with van der Waals surface area (Å²) in [6.45, 7) is 4.09. The maximum atomic E-state index is 15.4. The fourth-order valence-electron chi connectivity index (χ4n) is 11.0. The molecule has 11 nitrogen and oxygen atoms in total. The molecule has 13 heteroatoms. The van der Waals surface area contributed by atoms with Crippen LogP contribution in [0.4, 0.5) is 22.9 Å². The predicted octanol–water partition coefficient (Wildman–Crippen LogP) is 10.7. The van der Waals surface area contributed by atoms with Crippen molar-refractivity contribution in [2.45, 2.75) is 39.2 Å². The Kier molecular flexibility index (Phi) is 10.0. The van der Waals surface area contributed by atoms with Gasteiger partial charge in [-0.1, -0.05) is 77.8 Å². The van der Waals surface area contributed by atoms with Crippen molar-refractivity contribution >= 4 is 79.5 Å². The number of rotatable bonds is 9. The molecule has 7 aromatic rings. The van der Waals surface area contributed by atoms with E-state index in [1.165, 1.54) is 9.80 Å². The van der Waals surface area contributed by atoms with Crippen LogP contribution in [0.1, 0.15) is 42.4 Å². The van der Waals surface area contributed by atoms with E-state index >= 15 is 9.59 Å². The molecule has 2 N–H and O–H groups in total. The number of carbonyl (C=O) groups is 4. The van der Waals surface area contributed by atoms with Gasteiger partial charge in [0.25, 0.3) is 0 Å². The Balaban J connectivity index is 0.967. The standard InChI is InChI=1S/C53H44ClN5O6S/c1-29-39-24-31(54)14-23-44(39)66-48(29)42-27-45(57(3)56-42)59-50(62)41-26-40-36(47(53(41,2)52(59)64)37-20-19-35(25-43(37)60)65-28-30-10-6-4-7-11-30)21-22-38-46(40)51(63)58(49(38)61)34-17-15-33(16-18-34)55-32-12-8-5-9-13-32/h4-21,23-25,27,38,40-41,46-47,55,60H,22,26,28H2,1-3H3/t38-,40+,41-,46-,47+,53+/m0/s1. The number of phenolic OH excluding ortho intramolecular Hbond substituents is 1. The first-order chi connectivity index (χ1) is 31.9. The van der Waals surface area contributed by atoms with Crippen molar-refractivity contribution in [3.05, 3.63) is 161 Å². The number of amides is 4. The number of allylic oxidation sites excluding steroid dienone is 2. The maximum absolute atomic E-state index is 15.4. The normalized spacial score (nSPS) is 23.5. The molecule has 4 heterocycles. The smallest absolute Gasteiger partial charge is 0.242 e. The van der Waals surface area contributed by atoms with E-state index in [0.717, 1.165) is 43.0 Å². The number of aryl methyl sites for hydroxylation is 2. The van der Waals surface area contributed by atoms with Crippen LogP contribution in [0.25, 0.3) is 20.7 Å². The van der Waals surface area contributed by atoms with Crippen LogP contribution < -0.4 is 19.9 Å². The van der Waals surface area contributed by atoms with Crippen molar-refractivity contribution in [1.29, 1.82) is 0 Å². The van der Waals surface area contributed by atoms with Gasteiger partial charge in [0.2, 0.25) is 23.6 Å². The van der Waals surface area contributed by atoms with Crippen molar-refractivity contribution in [2.24, 2.45) is 36.1 Å². The van der Waals surface area contributed by atoms with Crippen LogP contribution in [0, 0.1) is 36.0 Å². The lowest BCUT2D eigenvalue weighted by molar-refractivity contribution is -0.131. The number of hydrogen-bond donors (Lipinski definition) is 2. The highest BCUT2D eigenvalue weighted by Crippen LogP contribution is 2.64. The third-order valence-electron chi connectivity index (χ3n) is 14.2. The number of nitrogens with one attached hydrogen (secondary N) is 1. The number of carbonyl (C=O) groups excluding carboxylic acids is 4. The number of aromatic hydroxyl groups is 1. The molecule has 4 aliphatic rings. The fraction of sp³-hybridized carbons (Fsp3) is 0.226. The second-order valence-corrected chi connectivity index (χ2v) is 19.4. The zero-order valence-electron chi connectivity index (χ0n) is 36.3. The van der Waals surface area contributed by atoms with E-state index in [2.05, 4.69) is 5.32 Å². The van der Waals surface area contributed by atoms with Gasteiger partial charge in [-0.2, -0.15) is 5.10 Å². The third kappa shape index (κ3) is 6.56. The summed E-state index contributed by atoms with van der Waals surface area (Å²) >= 11 is 7.93. The summed E-state index contributed by atoms with van der Waals surface area (Å²) in [7, 11) is 1.72. The van der Waals surface area contributed by atoms with Gasteiger partial charge in [0.05, 0.1) is 33.7 Å². The highest BCUT2D eigenvalue weighted by atomic mass is 35.5. The number of para-hydroxylation sites is 1. The number of fused-ring (bicyclic) bond motifs is 5. The number of anilines is 4. The highest BCUT2D eigenvalue weighted by molar-refractivity contribution is 7.22. The first kappa shape index (κ1) is 41.7. The monoisotopic (exact) mass is 913 g/mol. The van der Waals surface area contributed by atoms with Gasteiger partial charge in [-0.3, -0.25) is 28.8 Å². The topological polar surface area (TPSA) is 134 Å². The molecular formula is C53H44ClN5O6S. The Labute approximate surface area is 389 Å². The minimum absolute atomic E-state index is 0.101. The molecule has 2 aliphatic carbocycles. The fourth-order valence-corrected chi connectivity index (χ4v) is 12.3. The first-order valence-electron chi connectivity index (χ1n) is 22.0. The van der Waals surface area contributed by atoms with E-state index in [1.54, 1.807) is 66.4 Å². The maximum Gasteiger partial charge on any atom is 0.242 e. The van der Waals surface area contributed by atoms with E-state index in [-0.39, 0.29) is 37.0 Å². The summed E-state index contributed by atoms with van der Waals surface area (Å²) in [6, 6.07) is 39.2. The lowest BCUT2D eigenvalue weighted by Crippen LogP contribution is -2.49. The van der Waals surface area contributed by atoms with Crippen molar-refractivity contribution in [1.82, 2.24) is 9.78 Å². The molecule has 2 aromatic heterocycles. The minimum Gasteiger partial charge on any atom is -0.508 e.